The third-order valence-electron chi connectivity index (χ3n) is 6.79. The number of hydrogen-bond acceptors (Lipinski definition) is 3. The summed E-state index contributed by atoms with van der Waals surface area (Å²) in [5.74, 6) is 0. The average molecular weight is 461 g/mol. The zero-order chi connectivity index (χ0) is 23.1. The topological polar surface area (TPSA) is 38.8 Å². The molecule has 33 heavy (non-hydrogen) atoms. The molecule has 1 saturated heterocycles. The summed E-state index contributed by atoms with van der Waals surface area (Å²) in [5, 5.41) is 3.65. The number of rotatable bonds is 3. The van der Waals surface area contributed by atoms with E-state index in [-0.39, 0.29) is 6.03 Å². The first kappa shape index (κ1) is 21.8. The molecular formula is C27H29ClN4O. The molecule has 0 bridgehead atoms. The molecule has 2 aliphatic rings. The van der Waals surface area contributed by atoms with E-state index in [1.807, 2.05) is 25.1 Å². The maximum absolute atomic E-state index is 13.2. The van der Waals surface area contributed by atoms with E-state index < -0.39 is 0 Å². The Labute approximate surface area is 200 Å². The predicted molar refractivity (Wildman–Crippen MR) is 137 cm³/mol. The molecule has 0 radical (unpaired) electrons. The van der Waals surface area contributed by atoms with Crippen molar-refractivity contribution in [3.8, 4) is 11.1 Å². The molecule has 0 spiro atoms. The van der Waals surface area contributed by atoms with Crippen LogP contribution in [0.2, 0.25) is 5.02 Å². The first-order valence-electron chi connectivity index (χ1n) is 11.4. The second-order valence-electron chi connectivity index (χ2n) is 9.00. The minimum Gasteiger partial charge on any atom is -0.369 e. The van der Waals surface area contributed by atoms with Gasteiger partial charge in [-0.15, -0.1) is 0 Å². The molecule has 0 saturated carbocycles. The molecule has 3 aromatic carbocycles. The summed E-state index contributed by atoms with van der Waals surface area (Å²) >= 11 is 6.64. The van der Waals surface area contributed by atoms with Gasteiger partial charge in [0.05, 0.1) is 16.4 Å². The smallest absolute Gasteiger partial charge is 0.326 e. The van der Waals surface area contributed by atoms with Gasteiger partial charge in [-0.05, 0) is 61.3 Å². The van der Waals surface area contributed by atoms with Crippen molar-refractivity contribution in [2.45, 2.75) is 20.4 Å². The fourth-order valence-corrected chi connectivity index (χ4v) is 5.18. The summed E-state index contributed by atoms with van der Waals surface area (Å²) in [6.07, 6.45) is 0. The van der Waals surface area contributed by atoms with Crippen LogP contribution in [-0.4, -0.2) is 44.2 Å². The number of nitrogens with one attached hydrogen (secondary N) is 1. The van der Waals surface area contributed by atoms with E-state index in [2.05, 4.69) is 65.5 Å². The molecule has 0 aromatic heterocycles. The Morgan fingerprint density at radius 1 is 0.879 bits per heavy atom. The summed E-state index contributed by atoms with van der Waals surface area (Å²) in [5.41, 5.74) is 8.44. The average Bonchev–Trinajstić information content (AvgIpc) is 2.80. The molecule has 2 heterocycles. The number of nitrogens with zero attached hydrogens (tertiary/aromatic N) is 3. The zero-order valence-electron chi connectivity index (χ0n) is 19.4. The van der Waals surface area contributed by atoms with Gasteiger partial charge in [0, 0.05) is 44.0 Å². The van der Waals surface area contributed by atoms with Crippen molar-refractivity contribution in [3.05, 3.63) is 76.3 Å². The Bertz CT molecular complexity index is 1200. The van der Waals surface area contributed by atoms with E-state index in [0.29, 0.717) is 11.6 Å². The highest BCUT2D eigenvalue weighted by atomic mass is 35.5. The molecule has 170 valence electrons. The standard InChI is InChI=1S/C27H29ClN4O/c1-18-7-4-5-9-21(18)22-15-20(31-13-11-30(3)12-14-31)16-25-23(22)17-29-27(33)32(25)26-19(2)8-6-10-24(26)28/h4-10,15-16H,11-14,17H2,1-3H3,(H,29,33). The van der Waals surface area contributed by atoms with E-state index in [9.17, 15) is 4.79 Å². The maximum atomic E-state index is 13.2. The number of halogens is 1. The van der Waals surface area contributed by atoms with Crippen LogP contribution in [0, 0.1) is 13.8 Å². The Kier molecular flexibility index (Phi) is 5.77. The van der Waals surface area contributed by atoms with Gasteiger partial charge in [-0.25, -0.2) is 4.79 Å². The van der Waals surface area contributed by atoms with Crippen molar-refractivity contribution < 1.29 is 4.79 Å². The number of fused-ring (bicyclic) bond motifs is 1. The van der Waals surface area contributed by atoms with E-state index in [1.165, 1.54) is 11.1 Å². The van der Waals surface area contributed by atoms with Crippen molar-refractivity contribution in [2.75, 3.05) is 43.0 Å². The number of aryl methyl sites for hydroxylation is 2. The number of para-hydroxylation sites is 1. The van der Waals surface area contributed by atoms with Crippen LogP contribution in [0.15, 0.2) is 54.6 Å². The van der Waals surface area contributed by atoms with Crippen LogP contribution in [-0.2, 0) is 6.54 Å². The van der Waals surface area contributed by atoms with E-state index in [0.717, 1.165) is 59.9 Å². The van der Waals surface area contributed by atoms with Crippen LogP contribution in [0.1, 0.15) is 16.7 Å². The van der Waals surface area contributed by atoms with Gasteiger partial charge >= 0.3 is 6.03 Å². The molecule has 1 N–H and O–H groups in total. The summed E-state index contributed by atoms with van der Waals surface area (Å²) < 4.78 is 0. The van der Waals surface area contributed by atoms with Gasteiger partial charge < -0.3 is 15.1 Å². The Morgan fingerprint density at radius 2 is 1.61 bits per heavy atom. The van der Waals surface area contributed by atoms with Crippen LogP contribution < -0.4 is 15.1 Å². The minimum absolute atomic E-state index is 0.148. The van der Waals surface area contributed by atoms with Gasteiger partial charge in [0.1, 0.15) is 0 Å². The van der Waals surface area contributed by atoms with Crippen molar-refractivity contribution in [1.82, 2.24) is 10.2 Å². The molecule has 2 amide bonds. The molecule has 5 rings (SSSR count). The monoisotopic (exact) mass is 460 g/mol. The second kappa shape index (κ2) is 8.73. The number of carbonyl (C=O) groups is 1. The van der Waals surface area contributed by atoms with Crippen molar-refractivity contribution in [2.24, 2.45) is 0 Å². The van der Waals surface area contributed by atoms with Crippen molar-refractivity contribution in [1.29, 1.82) is 0 Å². The SMILES string of the molecule is Cc1ccccc1-c1cc(N2CCN(C)CC2)cc2c1CNC(=O)N2c1c(C)cccc1Cl. The van der Waals surface area contributed by atoms with E-state index in [1.54, 1.807) is 4.90 Å². The number of urea groups is 1. The number of benzene rings is 3. The number of hydrogen-bond donors (Lipinski definition) is 1. The first-order chi connectivity index (χ1) is 15.9. The number of carbonyl (C=O) groups excluding carboxylic acids is 1. The van der Waals surface area contributed by atoms with Gasteiger partial charge in [-0.1, -0.05) is 48.0 Å². The molecule has 2 aliphatic heterocycles. The quantitative estimate of drug-likeness (QED) is 0.542. The number of piperazine rings is 1. The van der Waals surface area contributed by atoms with Crippen LogP contribution >= 0.6 is 11.6 Å². The Morgan fingerprint density at radius 3 is 2.33 bits per heavy atom. The number of likely N-dealkylation sites (N-methyl/N-ethyl adjacent to an activating group) is 1. The highest BCUT2D eigenvalue weighted by molar-refractivity contribution is 6.34. The molecule has 0 unspecified atom stereocenters. The lowest BCUT2D eigenvalue weighted by atomic mass is 9.92. The summed E-state index contributed by atoms with van der Waals surface area (Å²) in [6, 6.07) is 18.5. The van der Waals surface area contributed by atoms with Crippen LogP contribution in [0.5, 0.6) is 0 Å². The lowest BCUT2D eigenvalue weighted by Gasteiger charge is -2.37. The first-order valence-corrected chi connectivity index (χ1v) is 11.8. The Balaban J connectivity index is 1.74. The summed E-state index contributed by atoms with van der Waals surface area (Å²) in [6.45, 7) is 8.58. The third kappa shape index (κ3) is 3.96. The normalized spacial score (nSPS) is 16.5. The minimum atomic E-state index is -0.148. The van der Waals surface area contributed by atoms with Gasteiger partial charge in [0.25, 0.3) is 0 Å². The van der Waals surface area contributed by atoms with Gasteiger partial charge in [0.15, 0.2) is 0 Å². The van der Waals surface area contributed by atoms with E-state index >= 15 is 0 Å². The molecule has 1 fully saturated rings. The van der Waals surface area contributed by atoms with Gasteiger partial charge in [0.2, 0.25) is 0 Å². The van der Waals surface area contributed by atoms with Crippen LogP contribution in [0.4, 0.5) is 21.9 Å². The highest BCUT2D eigenvalue weighted by Gasteiger charge is 2.31. The largest absolute Gasteiger partial charge is 0.369 e. The molecule has 5 nitrogen and oxygen atoms in total. The summed E-state index contributed by atoms with van der Waals surface area (Å²) in [7, 11) is 2.16. The molecule has 3 aromatic rings. The molecule has 0 atom stereocenters. The van der Waals surface area contributed by atoms with Crippen LogP contribution in [0.25, 0.3) is 11.1 Å². The number of amides is 2. The van der Waals surface area contributed by atoms with Gasteiger partial charge in [-0.2, -0.15) is 0 Å². The third-order valence-corrected chi connectivity index (χ3v) is 7.09. The lowest BCUT2D eigenvalue weighted by molar-refractivity contribution is 0.247. The number of anilines is 3. The van der Waals surface area contributed by atoms with E-state index in [4.69, 9.17) is 11.6 Å². The lowest BCUT2D eigenvalue weighted by Crippen LogP contribution is -2.45. The molecule has 0 aliphatic carbocycles. The fraction of sp³-hybridized carbons (Fsp3) is 0.296. The van der Waals surface area contributed by atoms with Gasteiger partial charge in [-0.3, -0.25) is 4.90 Å². The molecular weight excluding hydrogens is 432 g/mol. The van der Waals surface area contributed by atoms with Crippen molar-refractivity contribution >= 4 is 34.7 Å². The predicted octanol–water partition coefficient (Wildman–Crippen LogP) is 5.74. The second-order valence-corrected chi connectivity index (χ2v) is 9.40. The van der Waals surface area contributed by atoms with Crippen molar-refractivity contribution in [3.63, 3.8) is 0 Å². The Hall–Kier alpha value is -3.02. The zero-order valence-corrected chi connectivity index (χ0v) is 20.1. The maximum Gasteiger partial charge on any atom is 0.326 e. The highest BCUT2D eigenvalue weighted by Crippen LogP contribution is 2.44. The summed E-state index contributed by atoms with van der Waals surface area (Å²) in [4.78, 5) is 19.8. The van der Waals surface area contributed by atoms with Crippen LogP contribution in [0.3, 0.4) is 0 Å². The fourth-order valence-electron chi connectivity index (χ4n) is 4.87. The molecule has 6 heteroatoms.